The Morgan fingerprint density at radius 2 is 1.79 bits per heavy atom. The van der Waals surface area contributed by atoms with Crippen molar-refractivity contribution in [3.05, 3.63) is 65.2 Å². The zero-order valence-electron chi connectivity index (χ0n) is 14.8. The second kappa shape index (κ2) is 9.83. The number of nitrogens with zero attached hydrogens (tertiary/aromatic N) is 1. The summed E-state index contributed by atoms with van der Waals surface area (Å²) < 4.78 is 33.4. The SMILES string of the molecule is CCOC(=O)c1ccc(NC(=O)/C(C#N)=C/c2ccc(OC(F)F)cc2)cc1. The highest BCUT2D eigenvalue weighted by Crippen LogP contribution is 2.17. The van der Waals surface area contributed by atoms with Gasteiger partial charge in [0.05, 0.1) is 12.2 Å². The molecule has 2 rings (SSSR count). The molecule has 28 heavy (non-hydrogen) atoms. The summed E-state index contributed by atoms with van der Waals surface area (Å²) >= 11 is 0. The van der Waals surface area contributed by atoms with Gasteiger partial charge >= 0.3 is 12.6 Å². The fraction of sp³-hybridized carbons (Fsp3) is 0.150. The van der Waals surface area contributed by atoms with Crippen LogP contribution in [0.1, 0.15) is 22.8 Å². The standard InChI is InChI=1S/C20H16F2N2O4/c1-2-27-19(26)14-5-7-16(8-6-14)24-18(25)15(12-23)11-13-3-9-17(10-4-13)28-20(21)22/h3-11,20H,2H2,1H3,(H,24,25)/b15-11+. The Morgan fingerprint density at radius 1 is 1.14 bits per heavy atom. The van der Waals surface area contributed by atoms with Gasteiger partial charge in [0.1, 0.15) is 17.4 Å². The Bertz CT molecular complexity index is 901. The highest BCUT2D eigenvalue weighted by Gasteiger charge is 2.11. The van der Waals surface area contributed by atoms with Crippen LogP contribution in [-0.2, 0) is 9.53 Å². The van der Waals surface area contributed by atoms with Crippen molar-refractivity contribution in [2.45, 2.75) is 13.5 Å². The second-order valence-electron chi connectivity index (χ2n) is 5.37. The van der Waals surface area contributed by atoms with E-state index in [1.165, 1.54) is 54.6 Å². The van der Waals surface area contributed by atoms with Gasteiger partial charge in [-0.05, 0) is 55.0 Å². The third-order valence-corrected chi connectivity index (χ3v) is 3.44. The smallest absolute Gasteiger partial charge is 0.387 e. The van der Waals surface area contributed by atoms with Gasteiger partial charge < -0.3 is 14.8 Å². The van der Waals surface area contributed by atoms with Gasteiger partial charge in [0.2, 0.25) is 0 Å². The monoisotopic (exact) mass is 386 g/mol. The number of nitrogens with one attached hydrogen (secondary N) is 1. The van der Waals surface area contributed by atoms with Gasteiger partial charge in [-0.25, -0.2) is 4.79 Å². The van der Waals surface area contributed by atoms with Crippen LogP contribution in [0, 0.1) is 11.3 Å². The predicted molar refractivity (Wildman–Crippen MR) is 97.7 cm³/mol. The van der Waals surface area contributed by atoms with Gasteiger partial charge in [0.25, 0.3) is 5.91 Å². The Hall–Kier alpha value is -3.73. The molecule has 144 valence electrons. The molecule has 0 aliphatic heterocycles. The average Bonchev–Trinajstić information content (AvgIpc) is 2.67. The summed E-state index contributed by atoms with van der Waals surface area (Å²) in [5.74, 6) is -1.16. The number of rotatable bonds is 7. The summed E-state index contributed by atoms with van der Waals surface area (Å²) in [6.45, 7) is -0.984. The number of nitriles is 1. The molecular formula is C20H16F2N2O4. The molecule has 1 N–H and O–H groups in total. The molecule has 0 spiro atoms. The largest absolute Gasteiger partial charge is 0.462 e. The van der Waals surface area contributed by atoms with Gasteiger partial charge in [-0.15, -0.1) is 0 Å². The maximum atomic E-state index is 12.3. The van der Waals surface area contributed by atoms with Crippen molar-refractivity contribution in [3.63, 3.8) is 0 Å². The summed E-state index contributed by atoms with van der Waals surface area (Å²) in [7, 11) is 0. The molecular weight excluding hydrogens is 370 g/mol. The van der Waals surface area contributed by atoms with E-state index >= 15 is 0 Å². The summed E-state index contributed by atoms with van der Waals surface area (Å²) in [6, 6.07) is 13.3. The fourth-order valence-electron chi connectivity index (χ4n) is 2.16. The van der Waals surface area contributed by atoms with E-state index in [-0.39, 0.29) is 17.9 Å². The van der Waals surface area contributed by atoms with E-state index in [0.29, 0.717) is 16.8 Å². The maximum absolute atomic E-state index is 12.3. The van der Waals surface area contributed by atoms with Crippen LogP contribution in [-0.4, -0.2) is 25.1 Å². The number of carbonyl (C=O) groups excluding carboxylic acids is 2. The molecule has 0 radical (unpaired) electrons. The van der Waals surface area contributed by atoms with Gasteiger partial charge in [0.15, 0.2) is 0 Å². The minimum absolute atomic E-state index is 0.0307. The van der Waals surface area contributed by atoms with E-state index in [9.17, 15) is 23.6 Å². The topological polar surface area (TPSA) is 88.4 Å². The van der Waals surface area contributed by atoms with E-state index in [1.54, 1.807) is 13.0 Å². The van der Waals surface area contributed by atoms with Gasteiger partial charge in [0, 0.05) is 5.69 Å². The molecule has 0 fully saturated rings. The number of alkyl halides is 2. The lowest BCUT2D eigenvalue weighted by Gasteiger charge is -2.06. The molecule has 0 atom stereocenters. The summed E-state index contributed by atoms with van der Waals surface area (Å²) in [5, 5.41) is 11.8. The first kappa shape index (κ1) is 20.6. The normalized spacial score (nSPS) is 10.9. The van der Waals surface area contributed by atoms with Crippen LogP contribution < -0.4 is 10.1 Å². The minimum Gasteiger partial charge on any atom is -0.462 e. The number of amides is 1. The number of anilines is 1. The number of benzene rings is 2. The number of hydrogen-bond acceptors (Lipinski definition) is 5. The third-order valence-electron chi connectivity index (χ3n) is 3.44. The van der Waals surface area contributed by atoms with E-state index < -0.39 is 18.5 Å². The van der Waals surface area contributed by atoms with Crippen molar-refractivity contribution >= 4 is 23.6 Å². The first-order valence-corrected chi connectivity index (χ1v) is 8.18. The van der Waals surface area contributed by atoms with Crippen molar-refractivity contribution in [1.82, 2.24) is 0 Å². The molecule has 0 saturated carbocycles. The van der Waals surface area contributed by atoms with Crippen molar-refractivity contribution in [3.8, 4) is 11.8 Å². The average molecular weight is 386 g/mol. The summed E-state index contributed by atoms with van der Waals surface area (Å²) in [4.78, 5) is 23.9. The Labute approximate surface area is 160 Å². The fourth-order valence-corrected chi connectivity index (χ4v) is 2.16. The Kier molecular flexibility index (Phi) is 7.22. The number of carbonyl (C=O) groups is 2. The zero-order valence-corrected chi connectivity index (χ0v) is 14.8. The number of hydrogen-bond donors (Lipinski definition) is 1. The third kappa shape index (κ3) is 5.92. The van der Waals surface area contributed by atoms with Crippen LogP contribution in [0.4, 0.5) is 14.5 Å². The van der Waals surface area contributed by atoms with Crippen LogP contribution in [0.2, 0.25) is 0 Å². The molecule has 0 unspecified atom stereocenters. The molecule has 0 aliphatic carbocycles. The first-order valence-electron chi connectivity index (χ1n) is 8.18. The Morgan fingerprint density at radius 3 is 2.32 bits per heavy atom. The van der Waals surface area contributed by atoms with Crippen molar-refractivity contribution in [2.75, 3.05) is 11.9 Å². The van der Waals surface area contributed by atoms with E-state index in [2.05, 4.69) is 10.1 Å². The van der Waals surface area contributed by atoms with Crippen LogP contribution in [0.15, 0.2) is 54.1 Å². The molecule has 2 aromatic carbocycles. The quantitative estimate of drug-likeness (QED) is 0.441. The number of ether oxygens (including phenoxy) is 2. The van der Waals surface area contributed by atoms with Crippen molar-refractivity contribution < 1.29 is 27.8 Å². The lowest BCUT2D eigenvalue weighted by atomic mass is 10.1. The van der Waals surface area contributed by atoms with Crippen molar-refractivity contribution in [2.24, 2.45) is 0 Å². The predicted octanol–water partition coefficient (Wildman–Crippen LogP) is 4.01. The van der Waals surface area contributed by atoms with E-state index in [1.807, 2.05) is 0 Å². The van der Waals surface area contributed by atoms with Crippen LogP contribution in [0.25, 0.3) is 6.08 Å². The van der Waals surface area contributed by atoms with Crippen LogP contribution >= 0.6 is 0 Å². The molecule has 0 bridgehead atoms. The Balaban J connectivity index is 2.07. The molecule has 6 nitrogen and oxygen atoms in total. The van der Waals surface area contributed by atoms with Crippen LogP contribution in [0.5, 0.6) is 5.75 Å². The summed E-state index contributed by atoms with van der Waals surface area (Å²) in [5.41, 5.74) is 1.00. The summed E-state index contributed by atoms with van der Waals surface area (Å²) in [6.07, 6.45) is 1.31. The molecule has 1 amide bonds. The van der Waals surface area contributed by atoms with Crippen molar-refractivity contribution in [1.29, 1.82) is 5.26 Å². The zero-order chi connectivity index (χ0) is 20.5. The first-order chi connectivity index (χ1) is 13.4. The minimum atomic E-state index is -2.93. The molecule has 0 aromatic heterocycles. The van der Waals surface area contributed by atoms with Gasteiger partial charge in [-0.3, -0.25) is 4.79 Å². The highest BCUT2D eigenvalue weighted by molar-refractivity contribution is 6.09. The molecule has 2 aromatic rings. The molecule has 0 heterocycles. The highest BCUT2D eigenvalue weighted by atomic mass is 19.3. The van der Waals surface area contributed by atoms with E-state index in [4.69, 9.17) is 4.74 Å². The van der Waals surface area contributed by atoms with Crippen LogP contribution in [0.3, 0.4) is 0 Å². The number of esters is 1. The number of halogens is 2. The van der Waals surface area contributed by atoms with Gasteiger partial charge in [-0.2, -0.15) is 14.0 Å². The lowest BCUT2D eigenvalue weighted by molar-refractivity contribution is -0.112. The molecule has 8 heteroatoms. The second-order valence-corrected chi connectivity index (χ2v) is 5.37. The lowest BCUT2D eigenvalue weighted by Crippen LogP contribution is -2.13. The molecule has 0 aliphatic rings. The van der Waals surface area contributed by atoms with E-state index in [0.717, 1.165) is 0 Å². The van der Waals surface area contributed by atoms with Gasteiger partial charge in [-0.1, -0.05) is 12.1 Å². The molecule has 0 saturated heterocycles. The maximum Gasteiger partial charge on any atom is 0.387 e.